The predicted octanol–water partition coefficient (Wildman–Crippen LogP) is 2.61. The fourth-order valence-electron chi connectivity index (χ4n) is 1.49. The standard InChI is InChI=1S/C12H19N3O.2ClH/c1-4-5-10(13)12(16)15-11-7-6-8(2)14-9(11)3;;/h6-7,10H,4-5,13H2,1-3H3,(H,15,16);2*1H. The number of amides is 1. The summed E-state index contributed by atoms with van der Waals surface area (Å²) in [6, 6.07) is 3.29. The summed E-state index contributed by atoms with van der Waals surface area (Å²) in [7, 11) is 0. The molecule has 0 saturated carbocycles. The largest absolute Gasteiger partial charge is 0.323 e. The van der Waals surface area contributed by atoms with Crippen molar-refractivity contribution in [3.05, 3.63) is 23.5 Å². The second-order valence-electron chi connectivity index (χ2n) is 3.97. The van der Waals surface area contributed by atoms with Gasteiger partial charge in [0.05, 0.1) is 17.4 Å². The van der Waals surface area contributed by atoms with Crippen molar-refractivity contribution in [3.8, 4) is 0 Å². The van der Waals surface area contributed by atoms with E-state index in [0.29, 0.717) is 6.42 Å². The molecule has 0 aliphatic rings. The summed E-state index contributed by atoms with van der Waals surface area (Å²) in [5, 5.41) is 2.80. The molecule has 0 aliphatic carbocycles. The second-order valence-corrected chi connectivity index (χ2v) is 3.97. The maximum atomic E-state index is 11.7. The van der Waals surface area contributed by atoms with E-state index in [1.54, 1.807) is 0 Å². The van der Waals surface area contributed by atoms with Gasteiger partial charge >= 0.3 is 0 Å². The Kier molecular flexibility index (Phi) is 9.90. The van der Waals surface area contributed by atoms with Gasteiger partial charge < -0.3 is 11.1 Å². The van der Waals surface area contributed by atoms with Gasteiger partial charge in [0, 0.05) is 5.69 Å². The highest BCUT2D eigenvalue weighted by atomic mass is 35.5. The van der Waals surface area contributed by atoms with Gasteiger partial charge in [-0.2, -0.15) is 0 Å². The van der Waals surface area contributed by atoms with Gasteiger partial charge in [-0.3, -0.25) is 9.78 Å². The zero-order chi connectivity index (χ0) is 12.1. The van der Waals surface area contributed by atoms with Crippen LogP contribution in [0.4, 0.5) is 5.69 Å². The van der Waals surface area contributed by atoms with E-state index < -0.39 is 6.04 Å². The van der Waals surface area contributed by atoms with Crippen LogP contribution in [0, 0.1) is 13.8 Å². The Balaban J connectivity index is 0. The molecule has 1 aromatic rings. The molecule has 0 aromatic carbocycles. The average Bonchev–Trinajstić information content (AvgIpc) is 2.22. The first kappa shape index (κ1) is 19.5. The Morgan fingerprint density at radius 2 is 2.00 bits per heavy atom. The number of hydrogen-bond donors (Lipinski definition) is 2. The third-order valence-corrected chi connectivity index (χ3v) is 2.42. The minimum Gasteiger partial charge on any atom is -0.323 e. The van der Waals surface area contributed by atoms with Gasteiger partial charge in [-0.25, -0.2) is 0 Å². The molecule has 0 radical (unpaired) electrons. The predicted molar refractivity (Wildman–Crippen MR) is 79.7 cm³/mol. The first-order valence-corrected chi connectivity index (χ1v) is 5.55. The summed E-state index contributed by atoms with van der Waals surface area (Å²) in [4.78, 5) is 16.0. The zero-order valence-corrected chi connectivity index (χ0v) is 12.5. The number of pyridine rings is 1. The highest BCUT2D eigenvalue weighted by Crippen LogP contribution is 2.13. The van der Waals surface area contributed by atoms with E-state index >= 15 is 0 Å². The fourth-order valence-corrected chi connectivity index (χ4v) is 1.49. The monoisotopic (exact) mass is 293 g/mol. The quantitative estimate of drug-likeness (QED) is 0.897. The maximum absolute atomic E-state index is 11.7. The van der Waals surface area contributed by atoms with Crippen LogP contribution in [0.2, 0.25) is 0 Å². The number of aryl methyl sites for hydroxylation is 2. The number of carbonyl (C=O) groups is 1. The van der Waals surface area contributed by atoms with Crippen molar-refractivity contribution in [1.82, 2.24) is 4.98 Å². The van der Waals surface area contributed by atoms with Crippen LogP contribution < -0.4 is 11.1 Å². The first-order chi connectivity index (χ1) is 7.54. The molecule has 1 heterocycles. The van der Waals surface area contributed by atoms with Crippen LogP contribution in [-0.4, -0.2) is 16.9 Å². The van der Waals surface area contributed by atoms with Crippen molar-refractivity contribution in [1.29, 1.82) is 0 Å². The molecule has 1 amide bonds. The third-order valence-electron chi connectivity index (χ3n) is 2.42. The molecule has 1 atom stereocenters. The fraction of sp³-hybridized carbons (Fsp3) is 0.500. The Labute approximate surface area is 121 Å². The first-order valence-electron chi connectivity index (χ1n) is 5.55. The number of aromatic nitrogens is 1. The highest BCUT2D eigenvalue weighted by Gasteiger charge is 2.13. The molecular formula is C12H21Cl2N3O. The van der Waals surface area contributed by atoms with E-state index in [4.69, 9.17) is 5.73 Å². The summed E-state index contributed by atoms with van der Waals surface area (Å²) in [5.41, 5.74) is 8.22. The molecule has 3 N–H and O–H groups in total. The molecule has 6 heteroatoms. The average molecular weight is 294 g/mol. The molecule has 0 aliphatic heterocycles. The van der Waals surface area contributed by atoms with Crippen LogP contribution >= 0.6 is 24.8 Å². The zero-order valence-electron chi connectivity index (χ0n) is 10.9. The molecule has 0 bridgehead atoms. The topological polar surface area (TPSA) is 68.0 Å². The van der Waals surface area contributed by atoms with Crippen LogP contribution in [0.5, 0.6) is 0 Å². The van der Waals surface area contributed by atoms with Gasteiger partial charge in [-0.05, 0) is 32.4 Å². The summed E-state index contributed by atoms with van der Waals surface area (Å²) in [5.74, 6) is -0.143. The van der Waals surface area contributed by atoms with Crippen molar-refractivity contribution in [2.75, 3.05) is 5.32 Å². The number of carbonyl (C=O) groups excluding carboxylic acids is 1. The third kappa shape index (κ3) is 5.67. The molecule has 1 aromatic heterocycles. The molecular weight excluding hydrogens is 273 g/mol. The lowest BCUT2D eigenvalue weighted by Crippen LogP contribution is -2.35. The van der Waals surface area contributed by atoms with Gasteiger partial charge in [-0.1, -0.05) is 13.3 Å². The Morgan fingerprint density at radius 3 is 2.50 bits per heavy atom. The number of halogens is 2. The maximum Gasteiger partial charge on any atom is 0.241 e. The molecule has 4 nitrogen and oxygen atoms in total. The summed E-state index contributed by atoms with van der Waals surface area (Å²) < 4.78 is 0. The number of anilines is 1. The smallest absolute Gasteiger partial charge is 0.241 e. The lowest BCUT2D eigenvalue weighted by molar-refractivity contribution is -0.117. The second kappa shape index (κ2) is 9.14. The van der Waals surface area contributed by atoms with E-state index in [1.165, 1.54) is 0 Å². The van der Waals surface area contributed by atoms with Crippen molar-refractivity contribution >= 4 is 36.4 Å². The van der Waals surface area contributed by atoms with Crippen molar-refractivity contribution in [2.24, 2.45) is 5.73 Å². The lowest BCUT2D eigenvalue weighted by Gasteiger charge is -2.12. The highest BCUT2D eigenvalue weighted by molar-refractivity contribution is 5.95. The SMILES string of the molecule is CCCC(N)C(=O)Nc1ccc(C)nc1C.Cl.Cl. The van der Waals surface area contributed by atoms with Crippen molar-refractivity contribution in [3.63, 3.8) is 0 Å². The Hall–Kier alpha value is -0.840. The van der Waals surface area contributed by atoms with E-state index in [2.05, 4.69) is 10.3 Å². The van der Waals surface area contributed by atoms with E-state index in [9.17, 15) is 4.79 Å². The van der Waals surface area contributed by atoms with Gasteiger partial charge in [0.1, 0.15) is 0 Å². The van der Waals surface area contributed by atoms with Crippen molar-refractivity contribution in [2.45, 2.75) is 39.7 Å². The number of nitrogens with one attached hydrogen (secondary N) is 1. The normalized spacial score (nSPS) is 10.9. The number of nitrogens with two attached hydrogens (primary N) is 1. The number of rotatable bonds is 4. The molecule has 18 heavy (non-hydrogen) atoms. The number of nitrogens with zero attached hydrogens (tertiary/aromatic N) is 1. The molecule has 0 fully saturated rings. The summed E-state index contributed by atoms with van der Waals surface area (Å²) in [6.07, 6.45) is 1.60. The van der Waals surface area contributed by atoms with Crippen LogP contribution in [0.1, 0.15) is 31.2 Å². The molecule has 0 saturated heterocycles. The van der Waals surface area contributed by atoms with Gasteiger partial charge in [-0.15, -0.1) is 24.8 Å². The molecule has 1 unspecified atom stereocenters. The van der Waals surface area contributed by atoms with Gasteiger partial charge in [0.15, 0.2) is 0 Å². The molecule has 104 valence electrons. The van der Waals surface area contributed by atoms with Crippen LogP contribution in [-0.2, 0) is 4.79 Å². The Morgan fingerprint density at radius 1 is 1.39 bits per heavy atom. The molecule has 0 spiro atoms. The minimum absolute atomic E-state index is 0. The minimum atomic E-state index is -0.439. The van der Waals surface area contributed by atoms with Crippen LogP contribution in [0.15, 0.2) is 12.1 Å². The molecule has 1 rings (SSSR count). The summed E-state index contributed by atoms with van der Waals surface area (Å²) >= 11 is 0. The van der Waals surface area contributed by atoms with E-state index in [1.807, 2.05) is 32.9 Å². The van der Waals surface area contributed by atoms with Crippen LogP contribution in [0.3, 0.4) is 0 Å². The Bertz CT molecular complexity index is 386. The van der Waals surface area contributed by atoms with E-state index in [-0.39, 0.29) is 30.7 Å². The van der Waals surface area contributed by atoms with Gasteiger partial charge in [0.2, 0.25) is 5.91 Å². The number of hydrogen-bond acceptors (Lipinski definition) is 3. The van der Waals surface area contributed by atoms with Crippen molar-refractivity contribution < 1.29 is 4.79 Å². The van der Waals surface area contributed by atoms with Crippen LogP contribution in [0.25, 0.3) is 0 Å². The van der Waals surface area contributed by atoms with Gasteiger partial charge in [0.25, 0.3) is 0 Å². The van der Waals surface area contributed by atoms with E-state index in [0.717, 1.165) is 23.5 Å². The lowest BCUT2D eigenvalue weighted by atomic mass is 10.1. The summed E-state index contributed by atoms with van der Waals surface area (Å²) in [6.45, 7) is 5.79.